The Balaban J connectivity index is 1.72. The van der Waals surface area contributed by atoms with E-state index in [9.17, 15) is 14.4 Å². The fraction of sp³-hybridized carbons (Fsp3) is 0.471. The highest BCUT2D eigenvalue weighted by molar-refractivity contribution is 6.03. The van der Waals surface area contributed by atoms with Gasteiger partial charge in [-0.25, -0.2) is 4.79 Å². The van der Waals surface area contributed by atoms with Crippen LogP contribution in [0.3, 0.4) is 0 Å². The van der Waals surface area contributed by atoms with Gasteiger partial charge in [-0.3, -0.25) is 14.5 Å². The Bertz CT molecular complexity index is 667. The van der Waals surface area contributed by atoms with Gasteiger partial charge in [0.2, 0.25) is 5.91 Å². The minimum absolute atomic E-state index is 0.0784. The van der Waals surface area contributed by atoms with Gasteiger partial charge in [0, 0.05) is 6.04 Å². The molecule has 128 valence electrons. The molecule has 7 heteroatoms. The highest BCUT2D eigenvalue weighted by Gasteiger charge is 2.28. The molecule has 1 saturated carbocycles. The van der Waals surface area contributed by atoms with Gasteiger partial charge >= 0.3 is 5.97 Å². The van der Waals surface area contributed by atoms with Crippen LogP contribution in [0, 0.1) is 0 Å². The number of carbonyl (C=O) groups excluding carboxylic acids is 2. The standard InChI is InChI=1S/C17H20N2O5/c20-15(18-12-4-2-1-3-5-12)9-19-13-7-6-11(17(22)23)8-14(13)24-10-16(19)21/h6-8,12H,1-5,9-10H2,(H,18,20)(H,22,23). The van der Waals surface area contributed by atoms with Crippen molar-refractivity contribution >= 4 is 23.5 Å². The number of nitrogens with one attached hydrogen (secondary N) is 1. The lowest BCUT2D eigenvalue weighted by Crippen LogP contribution is -2.47. The van der Waals surface area contributed by atoms with Crippen molar-refractivity contribution in [1.29, 1.82) is 0 Å². The van der Waals surface area contributed by atoms with Crippen LogP contribution in [-0.2, 0) is 9.59 Å². The van der Waals surface area contributed by atoms with E-state index >= 15 is 0 Å². The molecule has 24 heavy (non-hydrogen) atoms. The number of carboxylic acids is 1. The smallest absolute Gasteiger partial charge is 0.335 e. The average Bonchev–Trinajstić information content (AvgIpc) is 2.58. The fourth-order valence-corrected chi connectivity index (χ4v) is 3.17. The molecule has 0 radical (unpaired) electrons. The number of benzene rings is 1. The van der Waals surface area contributed by atoms with E-state index in [4.69, 9.17) is 9.84 Å². The van der Waals surface area contributed by atoms with Gasteiger partial charge in [0.25, 0.3) is 5.91 Å². The van der Waals surface area contributed by atoms with Crippen LogP contribution < -0.4 is 15.0 Å². The van der Waals surface area contributed by atoms with Crippen molar-refractivity contribution in [3.8, 4) is 5.75 Å². The molecular weight excluding hydrogens is 312 g/mol. The quantitative estimate of drug-likeness (QED) is 0.872. The number of amides is 2. The maximum Gasteiger partial charge on any atom is 0.335 e. The van der Waals surface area contributed by atoms with Crippen LogP contribution in [0.25, 0.3) is 0 Å². The van der Waals surface area contributed by atoms with Gasteiger partial charge in [-0.05, 0) is 31.0 Å². The average molecular weight is 332 g/mol. The third kappa shape index (κ3) is 3.50. The molecule has 1 aromatic rings. The number of carbonyl (C=O) groups is 3. The third-order valence-electron chi connectivity index (χ3n) is 4.42. The van der Waals surface area contributed by atoms with E-state index in [1.54, 1.807) is 0 Å². The highest BCUT2D eigenvalue weighted by Crippen LogP contribution is 2.32. The molecule has 0 unspecified atom stereocenters. The minimum atomic E-state index is -1.07. The number of hydrogen-bond acceptors (Lipinski definition) is 4. The van der Waals surface area contributed by atoms with E-state index in [-0.39, 0.29) is 36.6 Å². The van der Waals surface area contributed by atoms with Crippen molar-refractivity contribution in [3.05, 3.63) is 23.8 Å². The summed E-state index contributed by atoms with van der Waals surface area (Å²) in [5.41, 5.74) is 0.504. The molecule has 1 aliphatic heterocycles. The summed E-state index contributed by atoms with van der Waals surface area (Å²) in [4.78, 5) is 36.8. The molecule has 0 bridgehead atoms. The second-order valence-electron chi connectivity index (χ2n) is 6.16. The lowest BCUT2D eigenvalue weighted by Gasteiger charge is -2.30. The van der Waals surface area contributed by atoms with Gasteiger partial charge in [0.1, 0.15) is 12.3 Å². The molecule has 2 N–H and O–H groups in total. The molecule has 1 fully saturated rings. The lowest BCUT2D eigenvalue weighted by atomic mass is 9.95. The second-order valence-corrected chi connectivity index (χ2v) is 6.16. The predicted molar refractivity (Wildman–Crippen MR) is 86.3 cm³/mol. The summed E-state index contributed by atoms with van der Waals surface area (Å²) in [5.74, 6) is -1.28. The lowest BCUT2D eigenvalue weighted by molar-refractivity contribution is -0.125. The maximum absolute atomic E-state index is 12.3. The number of rotatable bonds is 4. The summed E-state index contributed by atoms with van der Waals surface area (Å²) in [6.45, 7) is -0.287. The first-order valence-corrected chi connectivity index (χ1v) is 8.14. The number of aromatic carboxylic acids is 1. The SMILES string of the molecule is O=C(CN1C(=O)COc2cc(C(=O)O)ccc21)NC1CCCCC1. The third-order valence-corrected chi connectivity index (χ3v) is 4.42. The maximum atomic E-state index is 12.3. The number of ether oxygens (including phenoxy) is 1. The molecular formula is C17H20N2O5. The topological polar surface area (TPSA) is 95.9 Å². The summed E-state index contributed by atoms with van der Waals surface area (Å²) in [6.07, 6.45) is 5.38. The van der Waals surface area contributed by atoms with Crippen LogP contribution in [0.15, 0.2) is 18.2 Å². The second kappa shape index (κ2) is 6.90. The van der Waals surface area contributed by atoms with Gasteiger partial charge in [0.15, 0.2) is 6.61 Å². The Morgan fingerprint density at radius 1 is 1.25 bits per heavy atom. The molecule has 2 aliphatic rings. The zero-order valence-corrected chi connectivity index (χ0v) is 13.3. The molecule has 1 aliphatic carbocycles. The summed E-state index contributed by atoms with van der Waals surface area (Å²) >= 11 is 0. The number of nitrogens with zero attached hydrogens (tertiary/aromatic N) is 1. The van der Waals surface area contributed by atoms with E-state index in [0.717, 1.165) is 25.7 Å². The highest BCUT2D eigenvalue weighted by atomic mass is 16.5. The van der Waals surface area contributed by atoms with E-state index < -0.39 is 5.97 Å². The molecule has 1 heterocycles. The van der Waals surface area contributed by atoms with E-state index in [2.05, 4.69) is 5.32 Å². The van der Waals surface area contributed by atoms with Crippen molar-refractivity contribution in [3.63, 3.8) is 0 Å². The normalized spacial score (nSPS) is 17.8. The van der Waals surface area contributed by atoms with Gasteiger partial charge in [-0.2, -0.15) is 0 Å². The monoisotopic (exact) mass is 332 g/mol. The molecule has 3 rings (SSSR count). The summed E-state index contributed by atoms with van der Waals surface area (Å²) in [7, 11) is 0. The molecule has 0 saturated heterocycles. The van der Waals surface area contributed by atoms with E-state index in [1.807, 2.05) is 0 Å². The first kappa shape index (κ1) is 16.3. The molecule has 0 spiro atoms. The Labute approximate surface area is 139 Å². The predicted octanol–water partition coefficient (Wildman–Crippen LogP) is 1.56. The zero-order valence-electron chi connectivity index (χ0n) is 13.3. The van der Waals surface area contributed by atoms with Gasteiger partial charge in [-0.1, -0.05) is 19.3 Å². The van der Waals surface area contributed by atoms with Gasteiger partial charge < -0.3 is 15.2 Å². The first-order chi connectivity index (χ1) is 11.5. The van der Waals surface area contributed by atoms with Crippen LogP contribution in [0.2, 0.25) is 0 Å². The van der Waals surface area contributed by atoms with Crippen molar-refractivity contribution in [2.75, 3.05) is 18.1 Å². The Morgan fingerprint density at radius 3 is 2.71 bits per heavy atom. The number of fused-ring (bicyclic) bond motifs is 1. The Kier molecular flexibility index (Phi) is 4.69. The molecule has 1 aromatic carbocycles. The van der Waals surface area contributed by atoms with E-state index in [1.165, 1.54) is 29.5 Å². The van der Waals surface area contributed by atoms with Crippen LogP contribution in [0.4, 0.5) is 5.69 Å². The Hall–Kier alpha value is -2.57. The fourth-order valence-electron chi connectivity index (χ4n) is 3.17. The number of carboxylic acid groups (broad SMARTS) is 1. The van der Waals surface area contributed by atoms with Crippen molar-refractivity contribution in [1.82, 2.24) is 5.32 Å². The molecule has 7 nitrogen and oxygen atoms in total. The van der Waals surface area contributed by atoms with Crippen molar-refractivity contribution < 1.29 is 24.2 Å². The summed E-state index contributed by atoms with van der Waals surface area (Å²) < 4.78 is 5.30. The first-order valence-electron chi connectivity index (χ1n) is 8.14. The van der Waals surface area contributed by atoms with Crippen LogP contribution >= 0.6 is 0 Å². The largest absolute Gasteiger partial charge is 0.482 e. The van der Waals surface area contributed by atoms with Crippen LogP contribution in [0.1, 0.15) is 42.5 Å². The Morgan fingerprint density at radius 2 is 2.00 bits per heavy atom. The number of anilines is 1. The van der Waals surface area contributed by atoms with Gasteiger partial charge in [-0.15, -0.1) is 0 Å². The zero-order chi connectivity index (χ0) is 17.1. The molecule has 0 aromatic heterocycles. The van der Waals surface area contributed by atoms with Gasteiger partial charge in [0.05, 0.1) is 11.3 Å². The molecule has 0 atom stereocenters. The van der Waals surface area contributed by atoms with Crippen molar-refractivity contribution in [2.24, 2.45) is 0 Å². The van der Waals surface area contributed by atoms with Crippen LogP contribution in [0.5, 0.6) is 5.75 Å². The molecule has 2 amide bonds. The summed E-state index contributed by atoms with van der Waals surface area (Å²) in [6, 6.07) is 4.45. The minimum Gasteiger partial charge on any atom is -0.482 e. The number of hydrogen-bond donors (Lipinski definition) is 2. The van der Waals surface area contributed by atoms with Crippen molar-refractivity contribution in [2.45, 2.75) is 38.1 Å². The summed E-state index contributed by atoms with van der Waals surface area (Å²) in [5, 5.41) is 12.0. The van der Waals surface area contributed by atoms with E-state index in [0.29, 0.717) is 11.4 Å². The van der Waals surface area contributed by atoms with Crippen LogP contribution in [-0.4, -0.2) is 42.1 Å².